The van der Waals surface area contributed by atoms with Crippen molar-refractivity contribution >= 4 is 11.6 Å². The Bertz CT molecular complexity index is 716. The molecule has 2 saturated heterocycles. The van der Waals surface area contributed by atoms with Crippen molar-refractivity contribution in [3.05, 3.63) is 29.8 Å². The fourth-order valence-corrected chi connectivity index (χ4v) is 5.31. The van der Waals surface area contributed by atoms with Gasteiger partial charge in [0, 0.05) is 55.9 Å². The van der Waals surface area contributed by atoms with E-state index in [2.05, 4.69) is 34.6 Å². The fraction of sp³-hybridized carbons (Fsp3) is 0.652. The number of piperidine rings is 1. The van der Waals surface area contributed by atoms with Gasteiger partial charge in [-0.2, -0.15) is 5.26 Å². The quantitative estimate of drug-likeness (QED) is 0.808. The van der Waals surface area contributed by atoms with Crippen LogP contribution in [0.3, 0.4) is 0 Å². The molecule has 0 N–H and O–H groups in total. The van der Waals surface area contributed by atoms with Gasteiger partial charge in [-0.05, 0) is 63.8 Å². The molecule has 5 heteroatoms. The minimum absolute atomic E-state index is 0.157. The summed E-state index contributed by atoms with van der Waals surface area (Å²) in [6.45, 7) is 8.18. The second kappa shape index (κ2) is 8.13. The molecule has 28 heavy (non-hydrogen) atoms. The van der Waals surface area contributed by atoms with Crippen LogP contribution < -0.4 is 4.90 Å². The van der Waals surface area contributed by atoms with Crippen molar-refractivity contribution in [3.8, 4) is 6.07 Å². The first kappa shape index (κ1) is 19.3. The lowest BCUT2D eigenvalue weighted by Gasteiger charge is -2.51. The molecule has 2 aliphatic heterocycles. The number of carbonyl (C=O) groups is 1. The molecule has 0 aromatic heterocycles. The van der Waals surface area contributed by atoms with Crippen LogP contribution in [0.4, 0.5) is 5.69 Å². The normalized spacial score (nSPS) is 27.3. The zero-order chi connectivity index (χ0) is 19.7. The molecule has 3 aliphatic rings. The van der Waals surface area contributed by atoms with Gasteiger partial charge in [-0.3, -0.25) is 9.69 Å². The lowest BCUT2D eigenvalue weighted by Crippen LogP contribution is -2.63. The van der Waals surface area contributed by atoms with Crippen LogP contribution in [0.1, 0.15) is 51.5 Å². The lowest BCUT2D eigenvalue weighted by molar-refractivity contribution is -0.142. The zero-order valence-electron chi connectivity index (χ0n) is 17.2. The van der Waals surface area contributed by atoms with Crippen molar-refractivity contribution in [2.75, 3.05) is 31.1 Å². The lowest BCUT2D eigenvalue weighted by atomic mass is 9.87. The summed E-state index contributed by atoms with van der Waals surface area (Å²) >= 11 is 0. The van der Waals surface area contributed by atoms with E-state index < -0.39 is 0 Å². The number of carbonyl (C=O) groups excluding carboxylic acids is 1. The monoisotopic (exact) mass is 380 g/mol. The number of nitrogens with zero attached hydrogens (tertiary/aromatic N) is 4. The van der Waals surface area contributed by atoms with Crippen molar-refractivity contribution in [2.24, 2.45) is 5.92 Å². The first-order valence-electron chi connectivity index (χ1n) is 10.9. The van der Waals surface area contributed by atoms with Gasteiger partial charge in [0.05, 0.1) is 11.6 Å². The molecule has 1 saturated carbocycles. The van der Waals surface area contributed by atoms with E-state index in [0.717, 1.165) is 50.7 Å². The zero-order valence-corrected chi connectivity index (χ0v) is 17.2. The van der Waals surface area contributed by atoms with E-state index in [1.54, 1.807) is 0 Å². The van der Waals surface area contributed by atoms with Crippen LogP contribution in [-0.4, -0.2) is 60.0 Å². The average molecular weight is 381 g/mol. The Morgan fingerprint density at radius 3 is 2.11 bits per heavy atom. The predicted molar refractivity (Wildman–Crippen MR) is 111 cm³/mol. The Balaban J connectivity index is 1.32. The van der Waals surface area contributed by atoms with Crippen LogP contribution in [0.2, 0.25) is 0 Å². The minimum atomic E-state index is 0.157. The number of anilines is 1. The van der Waals surface area contributed by atoms with E-state index in [1.165, 1.54) is 19.3 Å². The predicted octanol–water partition coefficient (Wildman–Crippen LogP) is 3.25. The van der Waals surface area contributed by atoms with Crippen LogP contribution in [0, 0.1) is 17.2 Å². The van der Waals surface area contributed by atoms with Crippen LogP contribution in [0.5, 0.6) is 0 Å². The standard InChI is InChI=1S/C23H32N4O/c1-17-15-26(16-18(2)27(17)22-4-3-5-22)23(28)20-10-12-25(13-11-20)21-8-6-19(14-24)7-9-21/h6-9,17-18,20,22H,3-5,10-13,15-16H2,1-2H3/t17-,18+. The molecule has 2 atom stereocenters. The number of piperazine rings is 1. The van der Waals surface area contributed by atoms with Gasteiger partial charge in [-0.25, -0.2) is 0 Å². The topological polar surface area (TPSA) is 50.6 Å². The second-order valence-electron chi connectivity index (χ2n) is 8.89. The van der Waals surface area contributed by atoms with E-state index in [9.17, 15) is 4.79 Å². The highest BCUT2D eigenvalue weighted by atomic mass is 16.2. The van der Waals surface area contributed by atoms with Crippen molar-refractivity contribution in [2.45, 2.75) is 64.1 Å². The fourth-order valence-electron chi connectivity index (χ4n) is 5.31. The molecule has 1 aliphatic carbocycles. The summed E-state index contributed by atoms with van der Waals surface area (Å²) in [5.41, 5.74) is 1.85. The van der Waals surface area contributed by atoms with Gasteiger partial charge in [0.25, 0.3) is 0 Å². The third kappa shape index (κ3) is 3.75. The third-order valence-corrected chi connectivity index (χ3v) is 7.00. The van der Waals surface area contributed by atoms with Gasteiger partial charge in [-0.1, -0.05) is 6.42 Å². The highest BCUT2D eigenvalue weighted by molar-refractivity contribution is 5.79. The van der Waals surface area contributed by atoms with Gasteiger partial charge >= 0.3 is 0 Å². The van der Waals surface area contributed by atoms with Crippen LogP contribution in [0.15, 0.2) is 24.3 Å². The molecular weight excluding hydrogens is 348 g/mol. The van der Waals surface area contributed by atoms with Crippen LogP contribution in [0.25, 0.3) is 0 Å². The highest BCUT2D eigenvalue weighted by Crippen LogP contribution is 2.32. The molecule has 1 amide bonds. The molecule has 0 unspecified atom stereocenters. The molecule has 1 aromatic carbocycles. The molecule has 150 valence electrons. The number of nitriles is 1. The molecule has 4 rings (SSSR count). The first-order valence-corrected chi connectivity index (χ1v) is 10.9. The van der Waals surface area contributed by atoms with Crippen molar-refractivity contribution < 1.29 is 4.79 Å². The molecule has 5 nitrogen and oxygen atoms in total. The van der Waals surface area contributed by atoms with Gasteiger partial charge < -0.3 is 9.80 Å². The number of rotatable bonds is 3. The first-order chi connectivity index (χ1) is 13.6. The Morgan fingerprint density at radius 2 is 1.61 bits per heavy atom. The maximum absolute atomic E-state index is 13.2. The van der Waals surface area contributed by atoms with Gasteiger partial charge in [0.1, 0.15) is 0 Å². The molecule has 1 aromatic rings. The SMILES string of the molecule is C[C@@H]1CN(C(=O)C2CCN(c3ccc(C#N)cc3)CC2)C[C@H](C)N1C1CCC1. The largest absolute Gasteiger partial charge is 0.371 e. The number of amides is 1. The van der Waals surface area contributed by atoms with Crippen LogP contribution in [-0.2, 0) is 4.79 Å². The summed E-state index contributed by atoms with van der Waals surface area (Å²) in [7, 11) is 0. The maximum atomic E-state index is 13.2. The van der Waals surface area contributed by atoms with Gasteiger partial charge in [0.2, 0.25) is 5.91 Å². The van der Waals surface area contributed by atoms with Crippen molar-refractivity contribution in [3.63, 3.8) is 0 Å². The molecule has 3 fully saturated rings. The average Bonchev–Trinajstić information content (AvgIpc) is 2.68. The summed E-state index contributed by atoms with van der Waals surface area (Å²) < 4.78 is 0. The van der Waals surface area contributed by atoms with Crippen molar-refractivity contribution in [1.82, 2.24) is 9.80 Å². The Labute approximate surface area is 168 Å². The number of benzene rings is 1. The summed E-state index contributed by atoms with van der Waals surface area (Å²) in [5, 5.41) is 8.95. The van der Waals surface area contributed by atoms with Gasteiger partial charge in [0.15, 0.2) is 0 Å². The summed E-state index contributed by atoms with van der Waals surface area (Å²) in [5.74, 6) is 0.524. The summed E-state index contributed by atoms with van der Waals surface area (Å²) in [6, 6.07) is 11.6. The molecule has 0 radical (unpaired) electrons. The Kier molecular flexibility index (Phi) is 5.59. The van der Waals surface area contributed by atoms with E-state index in [4.69, 9.17) is 5.26 Å². The van der Waals surface area contributed by atoms with Crippen molar-refractivity contribution in [1.29, 1.82) is 5.26 Å². The Hall–Kier alpha value is -2.06. The maximum Gasteiger partial charge on any atom is 0.225 e. The molecule has 0 bridgehead atoms. The summed E-state index contributed by atoms with van der Waals surface area (Å²) in [4.78, 5) is 20.3. The molecular formula is C23H32N4O. The third-order valence-electron chi connectivity index (χ3n) is 7.00. The van der Waals surface area contributed by atoms with E-state index in [-0.39, 0.29) is 5.92 Å². The molecule has 2 heterocycles. The van der Waals surface area contributed by atoms with Crippen LogP contribution >= 0.6 is 0 Å². The van der Waals surface area contributed by atoms with Gasteiger partial charge in [-0.15, -0.1) is 0 Å². The van der Waals surface area contributed by atoms with E-state index in [1.807, 2.05) is 24.3 Å². The Morgan fingerprint density at radius 1 is 1.00 bits per heavy atom. The van der Waals surface area contributed by atoms with E-state index >= 15 is 0 Å². The minimum Gasteiger partial charge on any atom is -0.371 e. The molecule has 0 spiro atoms. The highest BCUT2D eigenvalue weighted by Gasteiger charge is 2.39. The summed E-state index contributed by atoms with van der Waals surface area (Å²) in [6.07, 6.45) is 5.86. The smallest absolute Gasteiger partial charge is 0.225 e. The second-order valence-corrected chi connectivity index (χ2v) is 8.89. The number of hydrogen-bond donors (Lipinski definition) is 0. The van der Waals surface area contributed by atoms with E-state index in [0.29, 0.717) is 23.6 Å². The number of hydrogen-bond acceptors (Lipinski definition) is 4.